The van der Waals surface area contributed by atoms with E-state index in [0.29, 0.717) is 12.1 Å². The van der Waals surface area contributed by atoms with Crippen molar-refractivity contribution in [3.8, 4) is 0 Å². The van der Waals surface area contributed by atoms with Crippen LogP contribution in [0.5, 0.6) is 0 Å². The van der Waals surface area contributed by atoms with Gasteiger partial charge in [0.1, 0.15) is 6.54 Å². The highest BCUT2D eigenvalue weighted by Crippen LogP contribution is 2.27. The van der Waals surface area contributed by atoms with Crippen LogP contribution in [0.4, 0.5) is 5.69 Å². The van der Waals surface area contributed by atoms with Crippen LogP contribution in [-0.4, -0.2) is 20.9 Å². The minimum Gasteiger partial charge on any atom is -0.348 e. The molecule has 5 nitrogen and oxygen atoms in total. The number of amides is 1. The maximum absolute atomic E-state index is 13.5. The summed E-state index contributed by atoms with van der Waals surface area (Å²) in [7, 11) is -3.94. The van der Waals surface area contributed by atoms with Crippen molar-refractivity contribution in [2.45, 2.75) is 38.1 Å². The number of nitrogens with one attached hydrogen (secondary N) is 1. The number of hydrogen-bond acceptors (Lipinski definition) is 3. The second-order valence-electron chi connectivity index (χ2n) is 7.74. The molecule has 3 rings (SSSR count). The lowest BCUT2D eigenvalue weighted by Gasteiger charge is -2.26. The quantitative estimate of drug-likeness (QED) is 0.429. The van der Waals surface area contributed by atoms with Gasteiger partial charge < -0.3 is 5.32 Å². The Morgan fingerprint density at radius 1 is 0.969 bits per heavy atom. The van der Waals surface area contributed by atoms with Crippen LogP contribution < -0.4 is 9.62 Å². The van der Waals surface area contributed by atoms with E-state index in [0.717, 1.165) is 25.5 Å². The second kappa shape index (κ2) is 10.3. The third kappa shape index (κ3) is 5.78. The van der Waals surface area contributed by atoms with Gasteiger partial charge in [-0.05, 0) is 56.2 Å². The third-order valence-electron chi connectivity index (χ3n) is 5.22. The van der Waals surface area contributed by atoms with Crippen LogP contribution in [0.2, 0.25) is 0 Å². The molecule has 1 atom stereocenters. The molecule has 0 aliphatic rings. The first kappa shape index (κ1) is 24.0. The lowest BCUT2D eigenvalue weighted by atomic mass is 10.0. The highest BCUT2D eigenvalue weighted by atomic mass is 79.9. The van der Waals surface area contributed by atoms with Crippen LogP contribution in [0.25, 0.3) is 0 Å². The summed E-state index contributed by atoms with van der Waals surface area (Å²) in [6.45, 7) is 5.57. The van der Waals surface area contributed by atoms with Gasteiger partial charge in [0.05, 0.1) is 16.6 Å². The van der Waals surface area contributed by atoms with E-state index >= 15 is 0 Å². The Morgan fingerprint density at radius 3 is 2.12 bits per heavy atom. The van der Waals surface area contributed by atoms with Crippen molar-refractivity contribution in [2.75, 3.05) is 10.8 Å². The number of benzene rings is 3. The summed E-state index contributed by atoms with van der Waals surface area (Å²) >= 11 is 3.40. The van der Waals surface area contributed by atoms with E-state index in [9.17, 15) is 13.2 Å². The number of carbonyl (C=O) groups excluding carboxylic acids is 1. The van der Waals surface area contributed by atoms with E-state index in [1.165, 1.54) is 0 Å². The van der Waals surface area contributed by atoms with Crippen molar-refractivity contribution < 1.29 is 13.2 Å². The molecular formula is C25H27BrN2O3S. The molecule has 0 bridgehead atoms. The first-order valence-corrected chi connectivity index (χ1v) is 12.6. The molecule has 0 aliphatic carbocycles. The SMILES string of the molecule is CC[C@@H](NC(=O)CN(c1cccc(Br)c1)S(=O)(=O)c1ccc(C)cc1)c1ccc(C)cc1. The zero-order valence-electron chi connectivity index (χ0n) is 18.4. The van der Waals surface area contributed by atoms with E-state index in [-0.39, 0.29) is 23.4 Å². The van der Waals surface area contributed by atoms with Crippen molar-refractivity contribution in [3.05, 3.63) is 94.0 Å². The summed E-state index contributed by atoms with van der Waals surface area (Å²) in [5, 5.41) is 2.99. The van der Waals surface area contributed by atoms with Gasteiger partial charge in [0.2, 0.25) is 5.91 Å². The molecule has 0 saturated carbocycles. The van der Waals surface area contributed by atoms with Crippen LogP contribution in [-0.2, 0) is 14.8 Å². The van der Waals surface area contributed by atoms with Crippen molar-refractivity contribution in [2.24, 2.45) is 0 Å². The fourth-order valence-corrected chi connectivity index (χ4v) is 5.17. The molecule has 0 unspecified atom stereocenters. The molecule has 1 N–H and O–H groups in total. The molecule has 0 radical (unpaired) electrons. The van der Waals surface area contributed by atoms with E-state index in [4.69, 9.17) is 0 Å². The fourth-order valence-electron chi connectivity index (χ4n) is 3.37. The van der Waals surface area contributed by atoms with Crippen LogP contribution in [0.15, 0.2) is 82.2 Å². The molecule has 168 valence electrons. The first-order chi connectivity index (χ1) is 15.2. The van der Waals surface area contributed by atoms with Gasteiger partial charge >= 0.3 is 0 Å². The number of sulfonamides is 1. The zero-order valence-corrected chi connectivity index (χ0v) is 20.8. The first-order valence-electron chi connectivity index (χ1n) is 10.4. The Bertz CT molecular complexity index is 1180. The van der Waals surface area contributed by atoms with Crippen LogP contribution in [0.3, 0.4) is 0 Å². The Labute approximate surface area is 198 Å². The molecule has 0 aliphatic heterocycles. The van der Waals surface area contributed by atoms with Gasteiger partial charge in [0.25, 0.3) is 10.0 Å². The van der Waals surface area contributed by atoms with Gasteiger partial charge in [-0.2, -0.15) is 0 Å². The lowest BCUT2D eigenvalue weighted by Crippen LogP contribution is -2.42. The van der Waals surface area contributed by atoms with Crippen LogP contribution in [0.1, 0.15) is 36.1 Å². The Kier molecular flexibility index (Phi) is 7.74. The van der Waals surface area contributed by atoms with Crippen molar-refractivity contribution in [3.63, 3.8) is 0 Å². The number of rotatable bonds is 8. The number of anilines is 1. The summed E-state index contributed by atoms with van der Waals surface area (Å²) in [6, 6.07) is 21.3. The Hall–Kier alpha value is -2.64. The molecule has 7 heteroatoms. The molecule has 32 heavy (non-hydrogen) atoms. The second-order valence-corrected chi connectivity index (χ2v) is 10.5. The highest BCUT2D eigenvalue weighted by Gasteiger charge is 2.28. The maximum Gasteiger partial charge on any atom is 0.264 e. The normalized spacial score (nSPS) is 12.2. The minimum atomic E-state index is -3.94. The number of hydrogen-bond donors (Lipinski definition) is 1. The van der Waals surface area contributed by atoms with E-state index in [2.05, 4.69) is 21.2 Å². The lowest BCUT2D eigenvalue weighted by molar-refractivity contribution is -0.120. The van der Waals surface area contributed by atoms with Gasteiger partial charge in [-0.15, -0.1) is 0 Å². The summed E-state index contributed by atoms with van der Waals surface area (Å²) < 4.78 is 28.8. The average Bonchev–Trinajstić information content (AvgIpc) is 2.76. The molecule has 1 amide bonds. The van der Waals surface area contributed by atoms with Gasteiger partial charge in [0, 0.05) is 4.47 Å². The van der Waals surface area contributed by atoms with Crippen LogP contribution in [0, 0.1) is 13.8 Å². The van der Waals surface area contributed by atoms with Crippen molar-refractivity contribution in [1.82, 2.24) is 5.32 Å². The molecule has 3 aromatic rings. The predicted molar refractivity (Wildman–Crippen MR) is 132 cm³/mol. The Morgan fingerprint density at radius 2 is 1.56 bits per heavy atom. The molecule has 0 heterocycles. The highest BCUT2D eigenvalue weighted by molar-refractivity contribution is 9.10. The summed E-state index contributed by atoms with van der Waals surface area (Å²) in [6.07, 6.45) is 0.691. The van der Waals surface area contributed by atoms with Gasteiger partial charge in [0.15, 0.2) is 0 Å². The summed E-state index contributed by atoms with van der Waals surface area (Å²) in [4.78, 5) is 13.2. The van der Waals surface area contributed by atoms with Crippen molar-refractivity contribution >= 4 is 37.5 Å². The average molecular weight is 515 g/mol. The van der Waals surface area contributed by atoms with Crippen LogP contribution >= 0.6 is 15.9 Å². The maximum atomic E-state index is 13.5. The van der Waals surface area contributed by atoms with Gasteiger partial charge in [-0.25, -0.2) is 8.42 Å². The fraction of sp³-hybridized carbons (Fsp3) is 0.240. The topological polar surface area (TPSA) is 66.5 Å². The molecule has 3 aromatic carbocycles. The largest absolute Gasteiger partial charge is 0.348 e. The number of halogens is 1. The van der Waals surface area contributed by atoms with E-state index in [1.54, 1.807) is 42.5 Å². The van der Waals surface area contributed by atoms with Gasteiger partial charge in [-0.1, -0.05) is 76.4 Å². The molecule has 0 saturated heterocycles. The van der Waals surface area contributed by atoms with Gasteiger partial charge in [-0.3, -0.25) is 9.10 Å². The van der Waals surface area contributed by atoms with Crippen molar-refractivity contribution in [1.29, 1.82) is 0 Å². The third-order valence-corrected chi connectivity index (χ3v) is 7.50. The molecule has 0 fully saturated rings. The number of nitrogens with zero attached hydrogens (tertiary/aromatic N) is 1. The molecular weight excluding hydrogens is 488 g/mol. The predicted octanol–water partition coefficient (Wildman–Crippen LogP) is 5.53. The standard InChI is InChI=1S/C25H27BrN2O3S/c1-4-24(20-12-8-18(2)9-13-20)27-25(29)17-28(22-7-5-6-21(26)16-22)32(30,31)23-14-10-19(3)11-15-23/h5-16,24H,4,17H2,1-3H3,(H,27,29)/t24-/m1/s1. The number of carbonyl (C=O) groups is 1. The Balaban J connectivity index is 1.91. The molecule has 0 aromatic heterocycles. The van der Waals surface area contributed by atoms with E-state index < -0.39 is 10.0 Å². The monoisotopic (exact) mass is 514 g/mol. The number of aryl methyl sites for hydroxylation is 2. The molecule has 0 spiro atoms. The minimum absolute atomic E-state index is 0.140. The summed E-state index contributed by atoms with van der Waals surface area (Å²) in [5.41, 5.74) is 3.50. The zero-order chi connectivity index (χ0) is 23.3. The van der Waals surface area contributed by atoms with E-state index in [1.807, 2.05) is 51.1 Å². The summed E-state index contributed by atoms with van der Waals surface area (Å²) in [5.74, 6) is -0.368. The smallest absolute Gasteiger partial charge is 0.264 e.